The highest BCUT2D eigenvalue weighted by Crippen LogP contribution is 2.51. The minimum absolute atomic E-state index is 0.00194. The van der Waals surface area contributed by atoms with Gasteiger partial charge in [0.2, 0.25) is 11.9 Å². The smallest absolute Gasteiger partial charge is 0.328 e. The number of aliphatic hydroxyl groups excluding tert-OH is 2. The first-order valence-corrected chi connectivity index (χ1v) is 18.1. The van der Waals surface area contributed by atoms with Crippen LogP contribution in [0.15, 0.2) is 22.2 Å². The van der Waals surface area contributed by atoms with Crippen molar-refractivity contribution in [2.24, 2.45) is 5.92 Å². The number of imidazole rings is 2. The lowest BCUT2D eigenvalue weighted by Gasteiger charge is -2.25. The largest absolute Gasteiger partial charge is 0.390 e. The highest BCUT2D eigenvalue weighted by atomic mass is 32.5. The molecular formula is C22H30N10O12P2S. The van der Waals surface area contributed by atoms with E-state index in [1.807, 2.05) is 0 Å². The van der Waals surface area contributed by atoms with Gasteiger partial charge in [-0.3, -0.25) is 33.3 Å². The fourth-order valence-electron chi connectivity index (χ4n) is 5.46. The summed E-state index contributed by atoms with van der Waals surface area (Å²) >= 11 is 4.84. The zero-order valence-corrected chi connectivity index (χ0v) is 26.8. The second-order valence-electron chi connectivity index (χ2n) is 10.8. The summed E-state index contributed by atoms with van der Waals surface area (Å²) in [5.41, 5.74) is 10.1. The number of nitrogens with two attached hydrogens (primary N) is 2. The number of aromatic nitrogens is 8. The van der Waals surface area contributed by atoms with Gasteiger partial charge in [0.25, 0.3) is 11.1 Å². The van der Waals surface area contributed by atoms with E-state index >= 15 is 0 Å². The van der Waals surface area contributed by atoms with Gasteiger partial charge in [0.05, 0.1) is 44.2 Å². The molecule has 0 aliphatic carbocycles. The van der Waals surface area contributed by atoms with Crippen LogP contribution in [0.2, 0.25) is 0 Å². The number of hydrogen-bond donors (Lipinski definition) is 8. The fraction of sp³-hybridized carbons (Fsp3) is 0.545. The molecule has 0 saturated carbocycles. The molecule has 0 amide bonds. The van der Waals surface area contributed by atoms with Crippen LogP contribution in [0.5, 0.6) is 0 Å². The molecule has 6 rings (SSSR count). The van der Waals surface area contributed by atoms with Crippen molar-refractivity contribution < 1.29 is 47.6 Å². The maximum Gasteiger partial charge on any atom is 0.328 e. The molecule has 0 bridgehead atoms. The minimum Gasteiger partial charge on any atom is -0.390 e. The van der Waals surface area contributed by atoms with Crippen LogP contribution in [0.25, 0.3) is 22.3 Å². The molecule has 0 radical (unpaired) electrons. The Labute approximate surface area is 267 Å². The second kappa shape index (κ2) is 12.7. The molecule has 2 aliphatic rings. The Hall–Kier alpha value is -3.18. The van der Waals surface area contributed by atoms with Gasteiger partial charge in [0.15, 0.2) is 22.3 Å². The maximum absolute atomic E-state index is 13.4. The molecular weight excluding hydrogens is 690 g/mol. The van der Waals surface area contributed by atoms with E-state index in [0.29, 0.717) is 0 Å². The number of nitrogen functional groups attached to an aromatic ring is 2. The molecule has 2 saturated heterocycles. The predicted octanol–water partition coefficient (Wildman–Crippen LogP) is -1.98. The molecule has 10 N–H and O–H groups in total. The van der Waals surface area contributed by atoms with Crippen molar-refractivity contribution in [3.63, 3.8) is 0 Å². The lowest BCUT2D eigenvalue weighted by atomic mass is 10.0. The van der Waals surface area contributed by atoms with Gasteiger partial charge in [-0.15, -0.1) is 0 Å². The lowest BCUT2D eigenvalue weighted by Crippen LogP contribution is -2.33. The Balaban J connectivity index is 1.19. The van der Waals surface area contributed by atoms with Crippen LogP contribution in [0.4, 0.5) is 11.9 Å². The number of nitrogens with zero attached hydrogens (tertiary/aromatic N) is 6. The van der Waals surface area contributed by atoms with Crippen molar-refractivity contribution in [2.45, 2.75) is 43.3 Å². The van der Waals surface area contributed by atoms with Crippen molar-refractivity contribution in [1.29, 1.82) is 0 Å². The highest BCUT2D eigenvalue weighted by Gasteiger charge is 2.49. The fourth-order valence-corrected chi connectivity index (χ4v) is 7.50. The van der Waals surface area contributed by atoms with Crippen LogP contribution in [-0.2, 0) is 39.4 Å². The average molecular weight is 721 g/mol. The number of fused-ring (bicyclic) bond motifs is 2. The van der Waals surface area contributed by atoms with Gasteiger partial charge < -0.3 is 54.5 Å². The van der Waals surface area contributed by atoms with Gasteiger partial charge in [0.1, 0.15) is 24.7 Å². The van der Waals surface area contributed by atoms with E-state index in [4.69, 9.17) is 46.3 Å². The molecule has 4 aromatic heterocycles. The summed E-state index contributed by atoms with van der Waals surface area (Å²) in [5.74, 6) is -1.59. The Bertz CT molecular complexity index is 2020. The van der Waals surface area contributed by atoms with Crippen LogP contribution in [0, 0.1) is 5.92 Å². The topological polar surface area (TPSA) is 323 Å². The standard InChI is InChI=1S/C22H30N10O12P2S/c1-40-46(39,47)42-4-11-15(34)8(20(44-11)32-7-26-14-17(32)28-22(24)30-19(14)36)5-45(37,38)41-3-10-9(33)2-12(43-10)31-6-25-13-16(31)27-21(23)29-18(13)35/h6-12,15,20,33-34H,2-5H2,1H3,(H,37,38)(H,39,47)(H3,23,27,29,35)(H3,24,28,30,36)/t8-,9+,10-,11-,12?,15+,20-,46?/m1/s1. The molecule has 9 atom stereocenters. The number of aromatic amines is 2. The number of hydrogen-bond acceptors (Lipinski definition) is 17. The number of aliphatic hydroxyl groups is 2. The summed E-state index contributed by atoms with van der Waals surface area (Å²) in [5, 5.41) is 21.9. The highest BCUT2D eigenvalue weighted by molar-refractivity contribution is 8.07. The first kappa shape index (κ1) is 33.7. The Morgan fingerprint density at radius 3 is 2.17 bits per heavy atom. The van der Waals surface area contributed by atoms with Gasteiger partial charge in [0, 0.05) is 19.4 Å². The number of rotatable bonds is 11. The van der Waals surface area contributed by atoms with E-state index in [1.165, 1.54) is 21.8 Å². The van der Waals surface area contributed by atoms with Crippen molar-refractivity contribution >= 4 is 60.3 Å². The Morgan fingerprint density at radius 1 is 0.979 bits per heavy atom. The summed E-state index contributed by atoms with van der Waals surface area (Å²) in [6.07, 6.45) is -5.26. The van der Waals surface area contributed by atoms with Gasteiger partial charge >= 0.3 is 14.3 Å². The van der Waals surface area contributed by atoms with E-state index in [0.717, 1.165) is 7.11 Å². The van der Waals surface area contributed by atoms with Gasteiger partial charge in [-0.1, -0.05) is 0 Å². The molecule has 4 aromatic rings. The van der Waals surface area contributed by atoms with E-state index in [9.17, 15) is 34.2 Å². The summed E-state index contributed by atoms with van der Waals surface area (Å²) in [7, 11) is -3.45. The van der Waals surface area contributed by atoms with Crippen LogP contribution < -0.4 is 22.6 Å². The quantitative estimate of drug-likeness (QED) is 0.0778. The molecule has 2 aliphatic heterocycles. The van der Waals surface area contributed by atoms with Gasteiger partial charge in [-0.05, 0) is 11.8 Å². The normalized spacial score (nSPS) is 29.0. The van der Waals surface area contributed by atoms with Crippen LogP contribution in [0.1, 0.15) is 18.9 Å². The van der Waals surface area contributed by atoms with Crippen molar-refractivity contribution in [2.75, 3.05) is 38.0 Å². The predicted molar refractivity (Wildman–Crippen MR) is 163 cm³/mol. The first-order valence-electron chi connectivity index (χ1n) is 13.8. The average Bonchev–Trinajstić information content (AvgIpc) is 3.76. The molecule has 47 heavy (non-hydrogen) atoms. The third kappa shape index (κ3) is 6.75. The third-order valence-electron chi connectivity index (χ3n) is 7.70. The molecule has 22 nitrogen and oxygen atoms in total. The minimum atomic E-state index is -4.59. The van der Waals surface area contributed by atoms with Crippen LogP contribution in [0.3, 0.4) is 0 Å². The third-order valence-corrected chi connectivity index (χ3v) is 10.8. The van der Waals surface area contributed by atoms with Gasteiger partial charge in [-0.2, -0.15) is 9.97 Å². The first-order chi connectivity index (χ1) is 22.2. The van der Waals surface area contributed by atoms with Gasteiger partial charge in [-0.25, -0.2) is 9.97 Å². The van der Waals surface area contributed by atoms with Crippen molar-refractivity contribution in [3.8, 4) is 0 Å². The van der Waals surface area contributed by atoms with E-state index in [2.05, 4.69) is 29.9 Å². The summed E-state index contributed by atoms with van der Waals surface area (Å²) in [4.78, 5) is 66.3. The lowest BCUT2D eigenvalue weighted by molar-refractivity contribution is -0.0427. The number of nitrogens with one attached hydrogen (secondary N) is 2. The van der Waals surface area contributed by atoms with E-state index in [-0.39, 0.29) is 40.6 Å². The van der Waals surface area contributed by atoms with Crippen LogP contribution in [-0.4, -0.2) is 110 Å². The molecule has 6 heterocycles. The van der Waals surface area contributed by atoms with Crippen molar-refractivity contribution in [1.82, 2.24) is 39.0 Å². The molecule has 25 heteroatoms. The van der Waals surface area contributed by atoms with E-state index in [1.54, 1.807) is 0 Å². The SMILES string of the molecule is COP(O)(=S)OC[C@H]1O[C@@H](n2cnc3c(=O)[nH]c(N)nc32)[C@H](CP(=O)(O)OC[C@H]2OC(n3cnc4c(=O)[nH]c(N)nc43)C[C@@H]2O)[C@@H]1O. The number of H-pyrrole nitrogens is 2. The molecule has 0 aromatic carbocycles. The Kier molecular flexibility index (Phi) is 9.10. The Morgan fingerprint density at radius 2 is 1.55 bits per heavy atom. The van der Waals surface area contributed by atoms with E-state index < -0.39 is 87.6 Å². The summed E-state index contributed by atoms with van der Waals surface area (Å²) in [6.45, 7) is -4.67. The number of anilines is 2. The second-order valence-corrected chi connectivity index (χ2v) is 15.6. The molecule has 0 spiro atoms. The zero-order chi connectivity index (χ0) is 33.8. The summed E-state index contributed by atoms with van der Waals surface area (Å²) in [6, 6.07) is 0. The molecule has 2 fully saturated rings. The zero-order valence-electron chi connectivity index (χ0n) is 24.2. The molecule has 256 valence electrons. The molecule has 3 unspecified atom stereocenters. The monoisotopic (exact) mass is 720 g/mol. The summed E-state index contributed by atoms with van der Waals surface area (Å²) < 4.78 is 43.3. The van der Waals surface area contributed by atoms with Crippen LogP contribution >= 0.6 is 14.3 Å². The maximum atomic E-state index is 13.4. The number of ether oxygens (including phenoxy) is 2. The van der Waals surface area contributed by atoms with Crippen molar-refractivity contribution in [3.05, 3.63) is 33.4 Å².